The summed E-state index contributed by atoms with van der Waals surface area (Å²) in [5.74, 6) is 0.104. The van der Waals surface area contributed by atoms with Gasteiger partial charge in [-0.25, -0.2) is 4.98 Å². The lowest BCUT2D eigenvalue weighted by molar-refractivity contribution is -0.139. The molecule has 2 aromatic rings. The molecule has 0 saturated carbocycles. The molecule has 1 aromatic carbocycles. The standard InChI is InChI=1S/C17H16N2O6S/c20-15(21)6-11-7-23-4-3-19(11)17(22)12-8-26-16(18-12)10-1-2-13-14(5-10)25-9-24-13/h1-2,5,8,11H,3-4,6-7,9H2,(H,20,21). The molecule has 4 rings (SSSR count). The summed E-state index contributed by atoms with van der Waals surface area (Å²) in [7, 11) is 0. The molecule has 9 heteroatoms. The number of rotatable bonds is 4. The maximum absolute atomic E-state index is 12.8. The van der Waals surface area contributed by atoms with Crippen molar-refractivity contribution in [3.8, 4) is 22.1 Å². The predicted molar refractivity (Wildman–Crippen MR) is 91.6 cm³/mol. The van der Waals surface area contributed by atoms with Crippen LogP contribution in [0.25, 0.3) is 10.6 Å². The molecule has 1 saturated heterocycles. The van der Waals surface area contributed by atoms with Crippen LogP contribution in [0, 0.1) is 0 Å². The molecule has 0 bridgehead atoms. The minimum atomic E-state index is -0.961. The zero-order chi connectivity index (χ0) is 18.1. The highest BCUT2D eigenvalue weighted by Gasteiger charge is 2.31. The van der Waals surface area contributed by atoms with E-state index in [1.807, 2.05) is 18.2 Å². The Balaban J connectivity index is 1.55. The Hall–Kier alpha value is -2.65. The summed E-state index contributed by atoms with van der Waals surface area (Å²) in [4.78, 5) is 29.8. The van der Waals surface area contributed by atoms with Gasteiger partial charge in [-0.1, -0.05) is 0 Å². The Kier molecular flexibility index (Phi) is 4.48. The molecule has 1 aromatic heterocycles. The van der Waals surface area contributed by atoms with Gasteiger partial charge in [0.25, 0.3) is 5.91 Å². The number of ether oxygens (including phenoxy) is 3. The van der Waals surface area contributed by atoms with E-state index in [9.17, 15) is 9.59 Å². The Labute approximate surface area is 152 Å². The number of thiazole rings is 1. The third-order valence-electron chi connectivity index (χ3n) is 4.24. The molecule has 3 heterocycles. The van der Waals surface area contributed by atoms with E-state index < -0.39 is 12.0 Å². The molecule has 8 nitrogen and oxygen atoms in total. The molecular formula is C17H16N2O6S. The average molecular weight is 376 g/mol. The Morgan fingerprint density at radius 3 is 3.00 bits per heavy atom. The van der Waals surface area contributed by atoms with Crippen LogP contribution in [-0.2, 0) is 9.53 Å². The van der Waals surface area contributed by atoms with Gasteiger partial charge in [0.15, 0.2) is 11.5 Å². The first-order valence-electron chi connectivity index (χ1n) is 8.08. The van der Waals surface area contributed by atoms with Gasteiger partial charge in [0.05, 0.1) is 25.7 Å². The van der Waals surface area contributed by atoms with Gasteiger partial charge in [-0.3, -0.25) is 9.59 Å². The van der Waals surface area contributed by atoms with Gasteiger partial charge in [-0.2, -0.15) is 0 Å². The van der Waals surface area contributed by atoms with E-state index in [0.717, 1.165) is 5.56 Å². The number of carboxylic acid groups (broad SMARTS) is 1. The maximum Gasteiger partial charge on any atom is 0.305 e. The van der Waals surface area contributed by atoms with Crippen LogP contribution in [0.2, 0.25) is 0 Å². The molecular weight excluding hydrogens is 360 g/mol. The van der Waals surface area contributed by atoms with Crippen molar-refractivity contribution in [1.82, 2.24) is 9.88 Å². The second-order valence-electron chi connectivity index (χ2n) is 5.93. The predicted octanol–water partition coefficient (Wildman–Crippen LogP) is 1.85. The lowest BCUT2D eigenvalue weighted by Gasteiger charge is -2.34. The lowest BCUT2D eigenvalue weighted by atomic mass is 10.1. The van der Waals surface area contributed by atoms with Gasteiger partial charge in [-0.05, 0) is 18.2 Å². The number of fused-ring (bicyclic) bond motifs is 1. The summed E-state index contributed by atoms with van der Waals surface area (Å²) in [5, 5.41) is 11.4. The summed E-state index contributed by atoms with van der Waals surface area (Å²) >= 11 is 1.35. The first-order valence-corrected chi connectivity index (χ1v) is 8.96. The number of aliphatic carboxylic acids is 1. The molecule has 1 unspecified atom stereocenters. The van der Waals surface area contributed by atoms with Gasteiger partial charge in [0, 0.05) is 17.5 Å². The normalized spacial score (nSPS) is 18.8. The van der Waals surface area contributed by atoms with Gasteiger partial charge < -0.3 is 24.2 Å². The van der Waals surface area contributed by atoms with E-state index in [-0.39, 0.29) is 25.7 Å². The van der Waals surface area contributed by atoms with Crippen LogP contribution in [0.1, 0.15) is 16.9 Å². The fourth-order valence-corrected chi connectivity index (χ4v) is 3.77. The van der Waals surface area contributed by atoms with Crippen molar-refractivity contribution in [3.63, 3.8) is 0 Å². The SMILES string of the molecule is O=C(O)CC1COCCN1C(=O)c1csc(-c2ccc3c(c2)OCO3)n1. The summed E-state index contributed by atoms with van der Waals surface area (Å²) in [6, 6.07) is 5.02. The first kappa shape index (κ1) is 16.8. The number of carbonyl (C=O) groups is 2. The first-order chi connectivity index (χ1) is 12.6. The number of morpholine rings is 1. The second-order valence-corrected chi connectivity index (χ2v) is 6.79. The van der Waals surface area contributed by atoms with E-state index in [1.54, 1.807) is 5.38 Å². The van der Waals surface area contributed by atoms with Gasteiger partial charge >= 0.3 is 5.97 Å². The molecule has 1 N–H and O–H groups in total. The number of aromatic nitrogens is 1. The quantitative estimate of drug-likeness (QED) is 0.869. The van der Waals surface area contributed by atoms with Crippen molar-refractivity contribution in [2.45, 2.75) is 12.5 Å². The van der Waals surface area contributed by atoms with Crippen molar-refractivity contribution in [2.24, 2.45) is 0 Å². The number of carbonyl (C=O) groups excluding carboxylic acids is 1. The number of hydrogen-bond donors (Lipinski definition) is 1. The summed E-state index contributed by atoms with van der Waals surface area (Å²) in [6.07, 6.45) is -0.148. The van der Waals surface area contributed by atoms with E-state index in [2.05, 4.69) is 4.98 Å². The molecule has 1 atom stereocenters. The molecule has 0 aliphatic carbocycles. The van der Waals surface area contributed by atoms with E-state index in [1.165, 1.54) is 16.2 Å². The van der Waals surface area contributed by atoms with E-state index >= 15 is 0 Å². The molecule has 1 amide bonds. The molecule has 0 radical (unpaired) electrons. The van der Waals surface area contributed by atoms with Crippen LogP contribution in [0.4, 0.5) is 0 Å². The Morgan fingerprint density at radius 2 is 2.15 bits per heavy atom. The van der Waals surface area contributed by atoms with Crippen LogP contribution >= 0.6 is 11.3 Å². The lowest BCUT2D eigenvalue weighted by Crippen LogP contribution is -2.49. The molecule has 0 spiro atoms. The fourth-order valence-electron chi connectivity index (χ4n) is 2.97. The Bertz CT molecular complexity index is 852. The third kappa shape index (κ3) is 3.23. The van der Waals surface area contributed by atoms with Crippen molar-refractivity contribution in [1.29, 1.82) is 0 Å². The maximum atomic E-state index is 12.8. The van der Waals surface area contributed by atoms with Gasteiger partial charge in [0.2, 0.25) is 6.79 Å². The van der Waals surface area contributed by atoms with Crippen molar-refractivity contribution in [2.75, 3.05) is 26.6 Å². The van der Waals surface area contributed by atoms with Crippen LogP contribution in [0.3, 0.4) is 0 Å². The van der Waals surface area contributed by atoms with Crippen molar-refractivity contribution < 1.29 is 28.9 Å². The van der Waals surface area contributed by atoms with E-state index in [4.69, 9.17) is 19.3 Å². The van der Waals surface area contributed by atoms with Crippen LogP contribution < -0.4 is 9.47 Å². The third-order valence-corrected chi connectivity index (χ3v) is 5.13. The number of amides is 1. The average Bonchev–Trinajstić information content (AvgIpc) is 3.30. The Morgan fingerprint density at radius 1 is 1.31 bits per heavy atom. The summed E-state index contributed by atoms with van der Waals surface area (Å²) < 4.78 is 16.0. The molecule has 136 valence electrons. The highest BCUT2D eigenvalue weighted by Crippen LogP contribution is 2.36. The molecule has 2 aliphatic rings. The fraction of sp³-hybridized carbons (Fsp3) is 0.353. The number of carboxylic acids is 1. The zero-order valence-corrected chi connectivity index (χ0v) is 14.5. The smallest absolute Gasteiger partial charge is 0.305 e. The summed E-state index contributed by atoms with van der Waals surface area (Å²) in [5.41, 5.74) is 1.14. The number of benzene rings is 1. The van der Waals surface area contributed by atoms with Crippen LogP contribution in [0.5, 0.6) is 11.5 Å². The highest BCUT2D eigenvalue weighted by molar-refractivity contribution is 7.13. The second kappa shape index (κ2) is 6.93. The minimum Gasteiger partial charge on any atom is -0.481 e. The van der Waals surface area contributed by atoms with Crippen molar-refractivity contribution >= 4 is 23.2 Å². The monoisotopic (exact) mass is 376 g/mol. The van der Waals surface area contributed by atoms with Crippen molar-refractivity contribution in [3.05, 3.63) is 29.3 Å². The highest BCUT2D eigenvalue weighted by atomic mass is 32.1. The minimum absolute atomic E-state index is 0.148. The topological polar surface area (TPSA) is 98.2 Å². The molecule has 2 aliphatic heterocycles. The largest absolute Gasteiger partial charge is 0.481 e. The number of nitrogens with zero attached hydrogens (tertiary/aromatic N) is 2. The van der Waals surface area contributed by atoms with Crippen LogP contribution in [-0.4, -0.2) is 59.5 Å². The molecule has 26 heavy (non-hydrogen) atoms. The van der Waals surface area contributed by atoms with Gasteiger partial charge in [-0.15, -0.1) is 11.3 Å². The van der Waals surface area contributed by atoms with Crippen LogP contribution in [0.15, 0.2) is 23.6 Å². The summed E-state index contributed by atoms with van der Waals surface area (Å²) in [6.45, 7) is 1.16. The van der Waals surface area contributed by atoms with E-state index in [0.29, 0.717) is 35.4 Å². The zero-order valence-electron chi connectivity index (χ0n) is 13.7. The number of hydrogen-bond acceptors (Lipinski definition) is 7. The molecule has 1 fully saturated rings. The van der Waals surface area contributed by atoms with Gasteiger partial charge in [0.1, 0.15) is 10.7 Å².